The summed E-state index contributed by atoms with van der Waals surface area (Å²) in [5.41, 5.74) is 0. The van der Waals surface area contributed by atoms with Crippen LogP contribution in [0.1, 0.15) is 12.8 Å². The van der Waals surface area contributed by atoms with Gasteiger partial charge in [0.25, 0.3) is 0 Å². The van der Waals surface area contributed by atoms with Crippen LogP contribution in [0.5, 0.6) is 0 Å². The maximum absolute atomic E-state index is 5.27. The highest BCUT2D eigenvalue weighted by Crippen LogP contribution is 2.28. The first-order valence-electron chi connectivity index (χ1n) is 5.96. The van der Waals surface area contributed by atoms with Gasteiger partial charge in [-0.2, -0.15) is 0 Å². The van der Waals surface area contributed by atoms with Gasteiger partial charge in [-0.15, -0.1) is 0 Å². The van der Waals surface area contributed by atoms with Gasteiger partial charge in [0.15, 0.2) is 0 Å². The van der Waals surface area contributed by atoms with E-state index in [1.165, 1.54) is 39.0 Å². The first-order chi connectivity index (χ1) is 6.93. The van der Waals surface area contributed by atoms with Gasteiger partial charge in [0.05, 0.1) is 19.3 Å². The Morgan fingerprint density at radius 1 is 1.14 bits per heavy atom. The Balaban J connectivity index is 1.54. The summed E-state index contributed by atoms with van der Waals surface area (Å²) < 4.78 is 5.27. The Hall–Kier alpha value is -0.120. The van der Waals surface area contributed by atoms with E-state index in [2.05, 4.69) is 10.2 Å². The molecule has 0 unspecified atom stereocenters. The summed E-state index contributed by atoms with van der Waals surface area (Å²) in [5, 5.41) is 3.39. The maximum atomic E-state index is 5.27. The smallest absolute Gasteiger partial charge is 0.0645 e. The minimum atomic E-state index is 0.755. The van der Waals surface area contributed by atoms with Crippen molar-refractivity contribution < 1.29 is 4.74 Å². The summed E-state index contributed by atoms with van der Waals surface area (Å²) in [5.74, 6) is 1.93. The van der Waals surface area contributed by atoms with E-state index in [1.54, 1.807) is 0 Å². The van der Waals surface area contributed by atoms with Gasteiger partial charge in [-0.1, -0.05) is 0 Å². The van der Waals surface area contributed by atoms with E-state index in [4.69, 9.17) is 4.74 Å². The van der Waals surface area contributed by atoms with Crippen molar-refractivity contribution in [3.05, 3.63) is 0 Å². The van der Waals surface area contributed by atoms with Crippen molar-refractivity contribution in [2.24, 2.45) is 11.8 Å². The van der Waals surface area contributed by atoms with E-state index in [-0.39, 0.29) is 0 Å². The van der Waals surface area contributed by atoms with E-state index < -0.39 is 0 Å². The second kappa shape index (κ2) is 3.80. The monoisotopic (exact) mass is 196 g/mol. The molecule has 3 aliphatic rings. The Kier molecular flexibility index (Phi) is 2.48. The molecule has 0 spiro atoms. The zero-order chi connectivity index (χ0) is 9.38. The van der Waals surface area contributed by atoms with Crippen molar-refractivity contribution in [1.82, 2.24) is 10.2 Å². The lowest BCUT2D eigenvalue weighted by Gasteiger charge is -2.45. The van der Waals surface area contributed by atoms with Crippen LogP contribution >= 0.6 is 0 Å². The molecule has 1 atom stereocenters. The third kappa shape index (κ3) is 1.58. The molecule has 3 heterocycles. The topological polar surface area (TPSA) is 24.5 Å². The standard InChI is InChI=1S/C11H20N2O/c1-2-9(10-4-12-5-10)6-13(3-1)11-7-14-8-11/h9-12H,1-8H2/t9-/m0/s1. The van der Waals surface area contributed by atoms with Gasteiger partial charge in [0, 0.05) is 6.54 Å². The SMILES string of the molecule is C1C[C@H](C2CNC2)CN(C2COC2)C1. The minimum absolute atomic E-state index is 0.755. The molecule has 0 saturated carbocycles. The van der Waals surface area contributed by atoms with Gasteiger partial charge in [-0.3, -0.25) is 4.90 Å². The van der Waals surface area contributed by atoms with Crippen molar-refractivity contribution in [3.8, 4) is 0 Å². The normalized spacial score (nSPS) is 36.4. The average molecular weight is 196 g/mol. The predicted octanol–water partition coefficient (Wildman–Crippen LogP) is 0.317. The Bertz CT molecular complexity index is 181. The summed E-state index contributed by atoms with van der Waals surface area (Å²) in [7, 11) is 0. The summed E-state index contributed by atoms with van der Waals surface area (Å²) in [6.07, 6.45) is 2.86. The Morgan fingerprint density at radius 3 is 2.57 bits per heavy atom. The van der Waals surface area contributed by atoms with E-state index in [1.807, 2.05) is 0 Å². The van der Waals surface area contributed by atoms with Crippen LogP contribution in [-0.4, -0.2) is 50.3 Å². The fourth-order valence-corrected chi connectivity index (χ4v) is 2.84. The number of piperidine rings is 1. The highest BCUT2D eigenvalue weighted by Gasteiger charge is 2.35. The average Bonchev–Trinajstić information content (AvgIpc) is 1.98. The van der Waals surface area contributed by atoms with Gasteiger partial charge in [0.1, 0.15) is 0 Å². The summed E-state index contributed by atoms with van der Waals surface area (Å²) in [6.45, 7) is 7.13. The van der Waals surface area contributed by atoms with Crippen molar-refractivity contribution in [3.63, 3.8) is 0 Å². The van der Waals surface area contributed by atoms with Crippen molar-refractivity contribution in [2.45, 2.75) is 18.9 Å². The lowest BCUT2D eigenvalue weighted by Crippen LogP contribution is -2.56. The molecule has 3 rings (SSSR count). The van der Waals surface area contributed by atoms with E-state index in [9.17, 15) is 0 Å². The first-order valence-corrected chi connectivity index (χ1v) is 5.96. The largest absolute Gasteiger partial charge is 0.378 e. The van der Waals surface area contributed by atoms with Gasteiger partial charge in [-0.25, -0.2) is 0 Å². The van der Waals surface area contributed by atoms with Crippen LogP contribution in [0.4, 0.5) is 0 Å². The molecule has 0 radical (unpaired) electrons. The molecule has 0 amide bonds. The highest BCUT2D eigenvalue weighted by molar-refractivity contribution is 4.89. The molecule has 3 aliphatic heterocycles. The van der Waals surface area contributed by atoms with Crippen molar-refractivity contribution >= 4 is 0 Å². The highest BCUT2D eigenvalue weighted by atomic mass is 16.5. The van der Waals surface area contributed by atoms with Crippen LogP contribution < -0.4 is 5.32 Å². The molecule has 0 aromatic heterocycles. The molecule has 0 aromatic carbocycles. The Labute approximate surface area is 85.8 Å². The van der Waals surface area contributed by atoms with E-state index in [0.717, 1.165) is 31.1 Å². The molecular weight excluding hydrogens is 176 g/mol. The Morgan fingerprint density at radius 2 is 2.00 bits per heavy atom. The van der Waals surface area contributed by atoms with Crippen LogP contribution in [0.3, 0.4) is 0 Å². The fraction of sp³-hybridized carbons (Fsp3) is 1.00. The second-order valence-corrected chi connectivity index (χ2v) is 5.01. The lowest BCUT2D eigenvalue weighted by molar-refractivity contribution is -0.0811. The molecule has 0 aromatic rings. The van der Waals surface area contributed by atoms with Crippen LogP contribution in [0.15, 0.2) is 0 Å². The molecule has 3 fully saturated rings. The molecule has 3 nitrogen and oxygen atoms in total. The van der Waals surface area contributed by atoms with Gasteiger partial charge < -0.3 is 10.1 Å². The number of ether oxygens (including phenoxy) is 1. The maximum Gasteiger partial charge on any atom is 0.0645 e. The minimum Gasteiger partial charge on any atom is -0.378 e. The third-order valence-electron chi connectivity index (χ3n) is 4.11. The van der Waals surface area contributed by atoms with E-state index >= 15 is 0 Å². The molecule has 0 bridgehead atoms. The van der Waals surface area contributed by atoms with E-state index in [0.29, 0.717) is 0 Å². The molecule has 0 aliphatic carbocycles. The lowest BCUT2D eigenvalue weighted by atomic mass is 9.81. The fourth-order valence-electron chi connectivity index (χ4n) is 2.84. The van der Waals surface area contributed by atoms with Crippen molar-refractivity contribution in [1.29, 1.82) is 0 Å². The number of nitrogens with one attached hydrogen (secondary N) is 1. The predicted molar refractivity (Wildman–Crippen MR) is 55.3 cm³/mol. The number of rotatable bonds is 2. The zero-order valence-corrected chi connectivity index (χ0v) is 8.74. The van der Waals surface area contributed by atoms with Crippen LogP contribution in [0, 0.1) is 11.8 Å². The van der Waals surface area contributed by atoms with Crippen LogP contribution in [-0.2, 0) is 4.74 Å². The van der Waals surface area contributed by atoms with Gasteiger partial charge >= 0.3 is 0 Å². The van der Waals surface area contributed by atoms with Crippen molar-refractivity contribution in [2.75, 3.05) is 39.4 Å². The zero-order valence-electron chi connectivity index (χ0n) is 8.74. The molecule has 3 heteroatoms. The summed E-state index contributed by atoms with van der Waals surface area (Å²) in [4.78, 5) is 2.66. The quantitative estimate of drug-likeness (QED) is 0.688. The second-order valence-electron chi connectivity index (χ2n) is 5.01. The number of hydrogen-bond donors (Lipinski definition) is 1. The number of hydrogen-bond acceptors (Lipinski definition) is 3. The number of likely N-dealkylation sites (tertiary alicyclic amines) is 1. The summed E-state index contributed by atoms with van der Waals surface area (Å²) in [6, 6.07) is 0.755. The number of nitrogens with zero attached hydrogens (tertiary/aromatic N) is 1. The molecule has 14 heavy (non-hydrogen) atoms. The first kappa shape index (κ1) is 9.13. The molecular formula is C11H20N2O. The van der Waals surface area contributed by atoms with Gasteiger partial charge in [0.2, 0.25) is 0 Å². The third-order valence-corrected chi connectivity index (χ3v) is 4.11. The van der Waals surface area contributed by atoms with Crippen LogP contribution in [0.25, 0.3) is 0 Å². The van der Waals surface area contributed by atoms with Crippen LogP contribution in [0.2, 0.25) is 0 Å². The molecule has 3 saturated heterocycles. The molecule has 80 valence electrons. The summed E-state index contributed by atoms with van der Waals surface area (Å²) >= 11 is 0. The van der Waals surface area contributed by atoms with Gasteiger partial charge in [-0.05, 0) is 44.3 Å². The molecule has 1 N–H and O–H groups in total.